The largest absolute Gasteiger partial charge is 0.368 e. The second-order valence-corrected chi connectivity index (χ2v) is 9.59. The number of hydrogen-bond donors (Lipinski definition) is 0. The van der Waals surface area contributed by atoms with E-state index in [2.05, 4.69) is 88.2 Å². The van der Waals surface area contributed by atoms with E-state index in [-0.39, 0.29) is 0 Å². The van der Waals surface area contributed by atoms with Crippen molar-refractivity contribution in [3.8, 4) is 0 Å². The van der Waals surface area contributed by atoms with Gasteiger partial charge in [-0.15, -0.1) is 6.58 Å². The van der Waals surface area contributed by atoms with Crippen molar-refractivity contribution in [2.45, 2.75) is 87.0 Å². The van der Waals surface area contributed by atoms with Crippen molar-refractivity contribution in [3.05, 3.63) is 84.0 Å². The Morgan fingerprint density at radius 3 is 2.24 bits per heavy atom. The van der Waals surface area contributed by atoms with Crippen LogP contribution in [0.4, 0.5) is 5.69 Å². The third-order valence-electron chi connectivity index (χ3n) is 6.46. The van der Waals surface area contributed by atoms with E-state index in [0.717, 1.165) is 18.7 Å². The van der Waals surface area contributed by atoms with Crippen LogP contribution in [-0.4, -0.2) is 13.1 Å². The third-order valence-corrected chi connectivity index (χ3v) is 6.46. The van der Waals surface area contributed by atoms with E-state index in [1.807, 2.05) is 26.8 Å². The summed E-state index contributed by atoms with van der Waals surface area (Å²) in [5, 5.41) is 0. The van der Waals surface area contributed by atoms with Crippen LogP contribution >= 0.6 is 0 Å². The van der Waals surface area contributed by atoms with Crippen LogP contribution in [-0.2, 0) is 0 Å². The Morgan fingerprint density at radius 2 is 1.76 bits per heavy atom. The standard InChI is InChI=1S/C16H24.C14H19N.C2H6/c1-4-13-12-16(2,3)11-10-15(13)14-8-6-5-7-9-14;1-5-11-15(6-2)14-9-7-13(8-10-14)12(3)4;1-2/h5-6,8H,4,7,9-12H2,1-3H3;5,7-10H,1,3,6,11H2,2,4H3;1-2H3. The number of hydrogen-bond acceptors (Lipinski definition) is 1. The zero-order chi connectivity index (χ0) is 24.9. The molecule has 3 rings (SSSR count). The fourth-order valence-corrected chi connectivity index (χ4v) is 4.52. The van der Waals surface area contributed by atoms with E-state index < -0.39 is 0 Å². The predicted octanol–water partition coefficient (Wildman–Crippen LogP) is 9.94. The minimum absolute atomic E-state index is 0.528. The van der Waals surface area contributed by atoms with Crippen molar-refractivity contribution in [1.29, 1.82) is 0 Å². The van der Waals surface area contributed by atoms with Crippen LogP contribution in [0.2, 0.25) is 0 Å². The summed E-state index contributed by atoms with van der Waals surface area (Å²) >= 11 is 0. The van der Waals surface area contributed by atoms with E-state index in [1.54, 1.807) is 16.7 Å². The molecule has 0 amide bonds. The van der Waals surface area contributed by atoms with Gasteiger partial charge in [0.2, 0.25) is 0 Å². The highest BCUT2D eigenvalue weighted by Gasteiger charge is 2.27. The smallest absolute Gasteiger partial charge is 0.0369 e. The lowest BCUT2D eigenvalue weighted by atomic mass is 9.71. The molecule has 1 nitrogen and oxygen atoms in total. The molecule has 0 spiro atoms. The molecule has 0 aromatic heterocycles. The van der Waals surface area contributed by atoms with Gasteiger partial charge in [0.25, 0.3) is 0 Å². The highest BCUT2D eigenvalue weighted by molar-refractivity contribution is 5.64. The average molecular weight is 448 g/mol. The highest BCUT2D eigenvalue weighted by Crippen LogP contribution is 2.43. The minimum Gasteiger partial charge on any atom is -0.368 e. The first-order valence-corrected chi connectivity index (χ1v) is 13.0. The molecule has 1 heteroatoms. The molecule has 1 aromatic rings. The van der Waals surface area contributed by atoms with Crippen LogP contribution in [0.1, 0.15) is 92.6 Å². The number of rotatable bonds is 7. The van der Waals surface area contributed by atoms with Crippen molar-refractivity contribution in [2.24, 2.45) is 5.41 Å². The molecule has 0 atom stereocenters. The van der Waals surface area contributed by atoms with Gasteiger partial charge in [-0.3, -0.25) is 0 Å². The molecule has 2 aliphatic rings. The quantitative estimate of drug-likeness (QED) is 0.376. The molecular weight excluding hydrogens is 398 g/mol. The molecule has 1 aromatic carbocycles. The number of anilines is 1. The number of likely N-dealkylation sites (N-methyl/N-ethyl adjacent to an activating group) is 1. The van der Waals surface area contributed by atoms with Gasteiger partial charge in [0.1, 0.15) is 0 Å². The fourth-order valence-electron chi connectivity index (χ4n) is 4.52. The van der Waals surface area contributed by atoms with Gasteiger partial charge in [-0.05, 0) is 86.6 Å². The lowest BCUT2D eigenvalue weighted by Crippen LogP contribution is -2.22. The normalized spacial score (nSPS) is 16.5. The Labute approximate surface area is 205 Å². The molecule has 182 valence electrons. The Morgan fingerprint density at radius 1 is 1.09 bits per heavy atom. The monoisotopic (exact) mass is 447 g/mol. The van der Waals surface area contributed by atoms with E-state index in [4.69, 9.17) is 0 Å². The van der Waals surface area contributed by atoms with E-state index in [0.29, 0.717) is 5.41 Å². The lowest BCUT2D eigenvalue weighted by molar-refractivity contribution is 0.311. The van der Waals surface area contributed by atoms with E-state index in [1.165, 1.54) is 49.8 Å². The first-order valence-electron chi connectivity index (χ1n) is 13.0. The molecule has 0 saturated heterocycles. The molecule has 0 bridgehead atoms. The summed E-state index contributed by atoms with van der Waals surface area (Å²) in [4.78, 5) is 2.27. The Balaban J connectivity index is 0.000000308. The van der Waals surface area contributed by atoms with Crippen molar-refractivity contribution in [2.75, 3.05) is 18.0 Å². The summed E-state index contributed by atoms with van der Waals surface area (Å²) in [6, 6.07) is 8.50. The summed E-state index contributed by atoms with van der Waals surface area (Å²) in [5.41, 5.74) is 9.11. The number of nitrogens with zero attached hydrogens (tertiary/aromatic N) is 1. The average Bonchev–Trinajstić information content (AvgIpc) is 2.84. The Hall–Kier alpha value is -2.28. The highest BCUT2D eigenvalue weighted by atomic mass is 15.1. The van der Waals surface area contributed by atoms with Gasteiger partial charge in [0.05, 0.1) is 0 Å². The van der Waals surface area contributed by atoms with Crippen molar-refractivity contribution >= 4 is 11.3 Å². The van der Waals surface area contributed by atoms with Crippen molar-refractivity contribution in [1.82, 2.24) is 0 Å². The minimum atomic E-state index is 0.528. The van der Waals surface area contributed by atoms with Gasteiger partial charge in [-0.1, -0.05) is 88.8 Å². The number of benzene rings is 1. The van der Waals surface area contributed by atoms with Crippen LogP contribution in [0.15, 0.2) is 78.4 Å². The van der Waals surface area contributed by atoms with Crippen LogP contribution < -0.4 is 4.90 Å². The molecular formula is C32H49N. The molecule has 0 N–H and O–H groups in total. The maximum atomic E-state index is 3.93. The molecule has 0 heterocycles. The van der Waals surface area contributed by atoms with Crippen LogP contribution in [0.5, 0.6) is 0 Å². The first kappa shape index (κ1) is 28.8. The second kappa shape index (κ2) is 14.8. The SMILES string of the molecule is C=CCN(CC)c1ccc(C(=C)C)cc1.CC.CCC1=C(C2=CC=CCC2)CCC(C)(C)C1. The third kappa shape index (κ3) is 9.24. The van der Waals surface area contributed by atoms with Crippen LogP contribution in [0, 0.1) is 5.41 Å². The summed E-state index contributed by atoms with van der Waals surface area (Å²) < 4.78 is 0. The van der Waals surface area contributed by atoms with Gasteiger partial charge in [0, 0.05) is 18.8 Å². The predicted molar refractivity (Wildman–Crippen MR) is 152 cm³/mol. The molecule has 0 saturated carbocycles. The van der Waals surface area contributed by atoms with Gasteiger partial charge in [0.15, 0.2) is 0 Å². The first-order chi connectivity index (χ1) is 15.8. The maximum absolute atomic E-state index is 3.93. The summed E-state index contributed by atoms with van der Waals surface area (Å²) in [7, 11) is 0. The molecule has 0 radical (unpaired) electrons. The molecule has 2 aliphatic carbocycles. The summed E-state index contributed by atoms with van der Waals surface area (Å²) in [6.45, 7) is 24.9. The molecule has 0 fully saturated rings. The van der Waals surface area contributed by atoms with Gasteiger partial charge >= 0.3 is 0 Å². The zero-order valence-corrected chi connectivity index (χ0v) is 22.6. The zero-order valence-electron chi connectivity index (χ0n) is 22.6. The summed E-state index contributed by atoms with van der Waals surface area (Å²) in [5.74, 6) is 0. The second-order valence-electron chi connectivity index (χ2n) is 9.59. The van der Waals surface area contributed by atoms with Gasteiger partial charge in [-0.2, -0.15) is 0 Å². The van der Waals surface area contributed by atoms with E-state index >= 15 is 0 Å². The van der Waals surface area contributed by atoms with Gasteiger partial charge < -0.3 is 4.90 Å². The summed E-state index contributed by atoms with van der Waals surface area (Å²) in [6.07, 6.45) is 16.5. The van der Waals surface area contributed by atoms with E-state index in [9.17, 15) is 0 Å². The Bertz CT molecular complexity index is 830. The lowest BCUT2D eigenvalue weighted by Gasteiger charge is -2.34. The molecule has 0 aliphatic heterocycles. The molecule has 0 unspecified atom stereocenters. The Kier molecular flexibility index (Phi) is 12.9. The number of allylic oxidation sites excluding steroid dienone is 7. The molecule has 33 heavy (non-hydrogen) atoms. The maximum Gasteiger partial charge on any atom is 0.0369 e. The topological polar surface area (TPSA) is 3.24 Å². The van der Waals surface area contributed by atoms with Crippen LogP contribution in [0.25, 0.3) is 5.57 Å². The van der Waals surface area contributed by atoms with Crippen LogP contribution in [0.3, 0.4) is 0 Å². The van der Waals surface area contributed by atoms with Crippen molar-refractivity contribution < 1.29 is 0 Å². The van der Waals surface area contributed by atoms with Gasteiger partial charge in [-0.25, -0.2) is 0 Å². The van der Waals surface area contributed by atoms with Crippen molar-refractivity contribution in [3.63, 3.8) is 0 Å². The fraction of sp³-hybridized carbons (Fsp3) is 0.500.